The monoisotopic (exact) mass is 489 g/mol. The quantitative estimate of drug-likeness (QED) is 0.301. The molecule has 0 aliphatic heterocycles. The molecule has 3 N–H and O–H groups in total. The van der Waals surface area contributed by atoms with Gasteiger partial charge in [-0.3, -0.25) is 0 Å². The van der Waals surface area contributed by atoms with Gasteiger partial charge in [-0.25, -0.2) is 4.99 Å². The van der Waals surface area contributed by atoms with Crippen molar-refractivity contribution in [2.45, 2.75) is 32.5 Å². The van der Waals surface area contributed by atoms with Gasteiger partial charge in [0, 0.05) is 6.54 Å². The zero-order valence-corrected chi connectivity index (χ0v) is 18.6. The van der Waals surface area contributed by atoms with Crippen LogP contribution < -0.4 is 15.4 Å². The Hall–Kier alpha value is -1.32. The minimum absolute atomic E-state index is 0. The van der Waals surface area contributed by atoms with Crippen LogP contribution in [0.15, 0.2) is 52.2 Å². The summed E-state index contributed by atoms with van der Waals surface area (Å²) < 4.78 is 5.85. The molecule has 0 saturated heterocycles. The maximum atomic E-state index is 10.6. The van der Waals surface area contributed by atoms with Gasteiger partial charge in [0.25, 0.3) is 0 Å². The summed E-state index contributed by atoms with van der Waals surface area (Å²) in [6, 6.07) is 11.7. The molecule has 5 nitrogen and oxygen atoms in total. The number of nitrogens with one attached hydrogen (secondary N) is 2. The molecule has 144 valence electrons. The summed E-state index contributed by atoms with van der Waals surface area (Å²) >= 11 is 1.57. The van der Waals surface area contributed by atoms with Gasteiger partial charge in [-0.1, -0.05) is 18.2 Å². The SMILES string of the molecule is CCNC(=NCC(C)(O)c1ccsc1)NCC(C)Oc1ccccc1.I. The molecule has 0 aliphatic carbocycles. The lowest BCUT2D eigenvalue weighted by atomic mass is 10.00. The first-order valence-corrected chi connectivity index (χ1v) is 9.44. The van der Waals surface area contributed by atoms with E-state index in [4.69, 9.17) is 4.74 Å². The van der Waals surface area contributed by atoms with Crippen molar-refractivity contribution in [3.8, 4) is 5.75 Å². The number of aliphatic imine (C=N–C) groups is 1. The van der Waals surface area contributed by atoms with Crippen molar-refractivity contribution in [2.75, 3.05) is 19.6 Å². The molecule has 2 atom stereocenters. The van der Waals surface area contributed by atoms with Crippen molar-refractivity contribution in [1.82, 2.24) is 10.6 Å². The van der Waals surface area contributed by atoms with Gasteiger partial charge in [0.05, 0.1) is 13.1 Å². The summed E-state index contributed by atoms with van der Waals surface area (Å²) in [5, 5.41) is 20.9. The van der Waals surface area contributed by atoms with Crippen LogP contribution in [0.1, 0.15) is 26.3 Å². The summed E-state index contributed by atoms with van der Waals surface area (Å²) in [5.74, 6) is 1.51. The number of thiophene rings is 1. The van der Waals surface area contributed by atoms with Crippen molar-refractivity contribution < 1.29 is 9.84 Å². The number of hydrogen-bond donors (Lipinski definition) is 3. The number of halogens is 1. The zero-order chi connectivity index (χ0) is 18.1. The molecule has 0 amide bonds. The van der Waals surface area contributed by atoms with Crippen LogP contribution in [0.25, 0.3) is 0 Å². The molecule has 0 radical (unpaired) electrons. The molecule has 0 aliphatic rings. The Morgan fingerprint density at radius 2 is 2.00 bits per heavy atom. The van der Waals surface area contributed by atoms with E-state index in [2.05, 4.69) is 15.6 Å². The largest absolute Gasteiger partial charge is 0.489 e. The number of ether oxygens (including phenoxy) is 1. The minimum Gasteiger partial charge on any atom is -0.489 e. The molecule has 0 bridgehead atoms. The van der Waals surface area contributed by atoms with E-state index in [0.29, 0.717) is 12.5 Å². The summed E-state index contributed by atoms with van der Waals surface area (Å²) in [6.07, 6.45) is -0.0105. The van der Waals surface area contributed by atoms with Crippen LogP contribution in [0.2, 0.25) is 0 Å². The Kier molecular flexibility index (Phi) is 9.97. The fraction of sp³-hybridized carbons (Fsp3) is 0.421. The van der Waals surface area contributed by atoms with Crippen molar-refractivity contribution >= 4 is 41.3 Å². The average Bonchev–Trinajstić information content (AvgIpc) is 3.14. The standard InChI is InChI=1S/C19H27N3O2S.HI/c1-4-20-18(22-14-19(3,23)16-10-11-25-13-16)21-12-15(2)24-17-8-6-5-7-9-17;/h5-11,13,15,23H,4,12,14H2,1-3H3,(H2,20,21,22);1H. The van der Waals surface area contributed by atoms with Gasteiger partial charge >= 0.3 is 0 Å². The van der Waals surface area contributed by atoms with E-state index >= 15 is 0 Å². The van der Waals surface area contributed by atoms with Crippen LogP contribution in [0.3, 0.4) is 0 Å². The fourth-order valence-corrected chi connectivity index (χ4v) is 3.03. The van der Waals surface area contributed by atoms with Crippen LogP contribution in [-0.4, -0.2) is 36.8 Å². The number of para-hydroxylation sites is 1. The third-order valence-electron chi connectivity index (χ3n) is 3.67. The minimum atomic E-state index is -0.978. The molecule has 26 heavy (non-hydrogen) atoms. The first-order chi connectivity index (χ1) is 12.0. The number of rotatable bonds is 8. The predicted molar refractivity (Wildman–Crippen MR) is 120 cm³/mol. The molecule has 1 heterocycles. The molecule has 0 fully saturated rings. The van der Waals surface area contributed by atoms with Crippen molar-refractivity contribution in [3.63, 3.8) is 0 Å². The lowest BCUT2D eigenvalue weighted by molar-refractivity contribution is 0.0677. The summed E-state index contributed by atoms with van der Waals surface area (Å²) in [5.41, 5.74) is -0.0907. The highest BCUT2D eigenvalue weighted by Crippen LogP contribution is 2.23. The lowest BCUT2D eigenvalue weighted by Gasteiger charge is -2.22. The third kappa shape index (κ3) is 7.51. The number of hydrogen-bond acceptors (Lipinski definition) is 4. The Morgan fingerprint density at radius 1 is 1.27 bits per heavy atom. The third-order valence-corrected chi connectivity index (χ3v) is 4.35. The number of aliphatic hydroxyl groups is 1. The number of benzene rings is 1. The second kappa shape index (κ2) is 11.4. The topological polar surface area (TPSA) is 65.9 Å². The smallest absolute Gasteiger partial charge is 0.191 e. The first-order valence-electron chi connectivity index (χ1n) is 8.50. The van der Waals surface area contributed by atoms with Crippen LogP contribution in [0.4, 0.5) is 0 Å². The Morgan fingerprint density at radius 3 is 2.62 bits per heavy atom. The lowest BCUT2D eigenvalue weighted by Crippen LogP contribution is -2.42. The molecule has 0 spiro atoms. The van der Waals surface area contributed by atoms with Crippen molar-refractivity contribution in [2.24, 2.45) is 4.99 Å². The van der Waals surface area contributed by atoms with Crippen molar-refractivity contribution in [1.29, 1.82) is 0 Å². The van der Waals surface area contributed by atoms with Crippen LogP contribution in [-0.2, 0) is 5.60 Å². The molecule has 0 saturated carbocycles. The van der Waals surface area contributed by atoms with E-state index in [9.17, 15) is 5.11 Å². The van der Waals surface area contributed by atoms with E-state index in [0.717, 1.165) is 17.9 Å². The fourth-order valence-electron chi connectivity index (χ4n) is 2.25. The maximum absolute atomic E-state index is 10.6. The highest BCUT2D eigenvalue weighted by Gasteiger charge is 2.23. The molecule has 1 aromatic heterocycles. The summed E-state index contributed by atoms with van der Waals surface area (Å²) in [6.45, 7) is 7.45. The molecular weight excluding hydrogens is 461 g/mol. The van der Waals surface area contributed by atoms with E-state index in [1.165, 1.54) is 0 Å². The van der Waals surface area contributed by atoms with Gasteiger partial charge in [0.2, 0.25) is 0 Å². The highest BCUT2D eigenvalue weighted by molar-refractivity contribution is 14.0. The Balaban J connectivity index is 0.00000338. The Labute approximate surface area is 176 Å². The van der Waals surface area contributed by atoms with Crippen LogP contribution in [0, 0.1) is 0 Å². The summed E-state index contributed by atoms with van der Waals surface area (Å²) in [7, 11) is 0. The van der Waals surface area contributed by atoms with E-state index < -0.39 is 5.60 Å². The molecule has 2 unspecified atom stereocenters. The molecule has 2 rings (SSSR count). The highest BCUT2D eigenvalue weighted by atomic mass is 127. The van der Waals surface area contributed by atoms with Crippen molar-refractivity contribution in [3.05, 3.63) is 52.7 Å². The normalized spacial score (nSPS) is 14.7. The number of guanidine groups is 1. The van der Waals surface area contributed by atoms with Gasteiger partial charge < -0.3 is 20.5 Å². The Bertz CT molecular complexity index is 648. The predicted octanol–water partition coefficient (Wildman–Crippen LogP) is 3.60. The van der Waals surface area contributed by atoms with Crippen LogP contribution in [0.5, 0.6) is 5.75 Å². The van der Waals surface area contributed by atoms with Crippen LogP contribution >= 0.6 is 35.3 Å². The summed E-state index contributed by atoms with van der Waals surface area (Å²) in [4.78, 5) is 4.51. The second-order valence-electron chi connectivity index (χ2n) is 6.10. The molecule has 1 aromatic carbocycles. The van der Waals surface area contributed by atoms with E-state index in [-0.39, 0.29) is 36.6 Å². The van der Waals surface area contributed by atoms with Gasteiger partial charge in [-0.05, 0) is 55.3 Å². The van der Waals surface area contributed by atoms with Gasteiger partial charge in [-0.2, -0.15) is 11.3 Å². The molecule has 7 heteroatoms. The van der Waals surface area contributed by atoms with E-state index in [1.54, 1.807) is 18.3 Å². The first kappa shape index (κ1) is 22.7. The average molecular weight is 489 g/mol. The van der Waals surface area contributed by atoms with E-state index in [1.807, 2.05) is 61.0 Å². The van der Waals surface area contributed by atoms with Gasteiger partial charge in [-0.15, -0.1) is 24.0 Å². The molecule has 2 aromatic rings. The van der Waals surface area contributed by atoms with Gasteiger partial charge in [0.15, 0.2) is 5.96 Å². The number of nitrogens with zero attached hydrogens (tertiary/aromatic N) is 1. The molecular formula is C19H28IN3O2S. The second-order valence-corrected chi connectivity index (χ2v) is 6.88. The zero-order valence-electron chi connectivity index (χ0n) is 15.4. The van der Waals surface area contributed by atoms with Gasteiger partial charge in [0.1, 0.15) is 17.5 Å². The maximum Gasteiger partial charge on any atom is 0.191 e.